The van der Waals surface area contributed by atoms with Gasteiger partial charge in [-0.15, -0.1) is 0 Å². The number of nitrogens with one attached hydrogen (secondary N) is 1. The number of alkyl halides is 1. The Bertz CT molecular complexity index is 1290. The quantitative estimate of drug-likeness (QED) is 0.581. The van der Waals surface area contributed by atoms with E-state index in [1.54, 1.807) is 6.07 Å². The van der Waals surface area contributed by atoms with Crippen molar-refractivity contribution < 1.29 is 18.4 Å². The number of rotatable bonds is 5. The monoisotopic (exact) mass is 500 g/mol. The van der Waals surface area contributed by atoms with Crippen LogP contribution in [0.3, 0.4) is 0 Å². The van der Waals surface area contributed by atoms with E-state index in [2.05, 4.69) is 16.3 Å². The summed E-state index contributed by atoms with van der Waals surface area (Å²) in [7, 11) is 2.05. The lowest BCUT2D eigenvalue weighted by Crippen LogP contribution is -2.47. The second-order valence-corrected chi connectivity index (χ2v) is 9.75. The molecule has 9 heteroatoms. The van der Waals surface area contributed by atoms with Crippen LogP contribution in [0.2, 0.25) is 5.02 Å². The molecule has 2 aliphatic rings. The van der Waals surface area contributed by atoms with Crippen LogP contribution in [0.4, 0.5) is 8.78 Å². The first-order valence-corrected chi connectivity index (χ1v) is 12.1. The molecule has 1 saturated heterocycles. The number of fused-ring (bicyclic) bond motifs is 3. The summed E-state index contributed by atoms with van der Waals surface area (Å²) in [6.07, 6.45) is -0.475. The fourth-order valence-corrected chi connectivity index (χ4v) is 5.42. The third kappa shape index (κ3) is 4.52. The van der Waals surface area contributed by atoms with E-state index in [-0.39, 0.29) is 42.5 Å². The molecule has 2 atom stereocenters. The Morgan fingerprint density at radius 1 is 1.17 bits per heavy atom. The number of carbonyl (C=O) groups is 2. The zero-order valence-electron chi connectivity index (χ0n) is 19.4. The molecular formula is C26H27ClF2N4O2. The van der Waals surface area contributed by atoms with E-state index in [4.69, 9.17) is 11.6 Å². The first-order valence-electron chi connectivity index (χ1n) is 11.7. The van der Waals surface area contributed by atoms with Gasteiger partial charge in [0.25, 0.3) is 0 Å². The highest BCUT2D eigenvalue weighted by Gasteiger charge is 2.40. The number of aromatic nitrogens is 1. The Morgan fingerprint density at radius 2 is 1.97 bits per heavy atom. The molecule has 0 aliphatic carbocycles. The fraction of sp³-hybridized carbons (Fsp3) is 0.385. The molecule has 5 rings (SSSR count). The second-order valence-electron chi connectivity index (χ2n) is 9.34. The average molecular weight is 501 g/mol. The molecule has 184 valence electrons. The topological polar surface area (TPSA) is 57.6 Å². The average Bonchev–Trinajstić information content (AvgIpc) is 3.38. The van der Waals surface area contributed by atoms with Gasteiger partial charge >= 0.3 is 0 Å². The van der Waals surface area contributed by atoms with Gasteiger partial charge in [0.15, 0.2) is 0 Å². The van der Waals surface area contributed by atoms with Gasteiger partial charge in [-0.05, 0) is 31.2 Å². The maximum atomic E-state index is 14.4. The maximum Gasteiger partial charge on any atom is 0.243 e. The highest BCUT2D eigenvalue weighted by molar-refractivity contribution is 6.30. The van der Waals surface area contributed by atoms with E-state index < -0.39 is 23.9 Å². The molecule has 0 bridgehead atoms. The van der Waals surface area contributed by atoms with Crippen molar-refractivity contribution in [2.24, 2.45) is 0 Å². The van der Waals surface area contributed by atoms with Crippen LogP contribution in [0.1, 0.15) is 23.2 Å². The normalized spacial score (nSPS) is 20.3. The predicted molar refractivity (Wildman–Crippen MR) is 130 cm³/mol. The molecule has 0 unspecified atom stereocenters. The SMILES string of the molecule is CN1CCc2c(n(CC(=O)N3C[C@H](F)C[C@H]3C(=O)NCc3cccc(Cl)c3F)c3ccccc23)C1. The summed E-state index contributed by atoms with van der Waals surface area (Å²) in [5.41, 5.74) is 3.53. The number of benzene rings is 2. The number of halogens is 3. The first kappa shape index (κ1) is 23.8. The van der Waals surface area contributed by atoms with Gasteiger partial charge in [-0.2, -0.15) is 0 Å². The largest absolute Gasteiger partial charge is 0.350 e. The van der Waals surface area contributed by atoms with E-state index in [0.717, 1.165) is 36.1 Å². The van der Waals surface area contributed by atoms with Crippen molar-refractivity contribution in [3.05, 3.63) is 70.1 Å². The van der Waals surface area contributed by atoms with Crippen molar-refractivity contribution in [1.29, 1.82) is 0 Å². The zero-order chi connectivity index (χ0) is 24.7. The van der Waals surface area contributed by atoms with Crippen LogP contribution in [0.15, 0.2) is 42.5 Å². The highest BCUT2D eigenvalue weighted by atomic mass is 35.5. The minimum atomic E-state index is -1.29. The lowest BCUT2D eigenvalue weighted by molar-refractivity contribution is -0.139. The Morgan fingerprint density at radius 3 is 2.80 bits per heavy atom. The van der Waals surface area contributed by atoms with Gasteiger partial charge in [-0.25, -0.2) is 8.78 Å². The molecule has 1 N–H and O–H groups in total. The Kier molecular flexibility index (Phi) is 6.51. The molecule has 3 heterocycles. The number of carbonyl (C=O) groups excluding carboxylic acids is 2. The summed E-state index contributed by atoms with van der Waals surface area (Å²) < 4.78 is 30.6. The molecule has 2 amide bonds. The van der Waals surface area contributed by atoms with E-state index >= 15 is 0 Å². The molecule has 35 heavy (non-hydrogen) atoms. The molecule has 3 aromatic rings. The number of hydrogen-bond donors (Lipinski definition) is 1. The van der Waals surface area contributed by atoms with Gasteiger partial charge in [-0.3, -0.25) is 9.59 Å². The number of amides is 2. The van der Waals surface area contributed by atoms with Crippen molar-refractivity contribution in [1.82, 2.24) is 19.7 Å². The van der Waals surface area contributed by atoms with Gasteiger partial charge in [0.05, 0.1) is 11.6 Å². The van der Waals surface area contributed by atoms with Gasteiger partial charge in [0.2, 0.25) is 11.8 Å². The van der Waals surface area contributed by atoms with Crippen molar-refractivity contribution in [2.45, 2.75) is 44.7 Å². The van der Waals surface area contributed by atoms with Crippen molar-refractivity contribution in [3.8, 4) is 0 Å². The number of hydrogen-bond acceptors (Lipinski definition) is 3. The summed E-state index contributed by atoms with van der Waals surface area (Å²) >= 11 is 5.81. The van der Waals surface area contributed by atoms with Crippen LogP contribution in [0.25, 0.3) is 10.9 Å². The summed E-state index contributed by atoms with van der Waals surface area (Å²) in [5.74, 6) is -1.42. The minimum absolute atomic E-state index is 0.0309. The van der Waals surface area contributed by atoms with Crippen LogP contribution in [0, 0.1) is 5.82 Å². The summed E-state index contributed by atoms with van der Waals surface area (Å²) in [5, 5.41) is 3.74. The van der Waals surface area contributed by atoms with Gasteiger partial charge in [0.1, 0.15) is 24.6 Å². The van der Waals surface area contributed by atoms with Crippen LogP contribution in [0.5, 0.6) is 0 Å². The predicted octanol–water partition coefficient (Wildman–Crippen LogP) is 3.68. The van der Waals surface area contributed by atoms with Crippen LogP contribution >= 0.6 is 11.6 Å². The molecule has 0 radical (unpaired) electrons. The number of nitrogens with zero attached hydrogens (tertiary/aromatic N) is 3. The highest BCUT2D eigenvalue weighted by Crippen LogP contribution is 2.31. The maximum absolute atomic E-state index is 14.4. The van der Waals surface area contributed by atoms with E-state index in [9.17, 15) is 18.4 Å². The standard InChI is InChI=1S/C26H27ClF2N4O2/c1-31-10-9-19-18-6-2-3-8-21(18)32(23(19)14-31)15-24(34)33-13-17(28)11-22(33)26(35)30-12-16-5-4-7-20(27)25(16)29/h2-8,17,22H,9-15H2,1H3,(H,30,35)/t17-,22+/m1/s1. The molecular weight excluding hydrogens is 474 g/mol. The summed E-state index contributed by atoms with van der Waals surface area (Å²) in [6.45, 7) is 1.47. The van der Waals surface area contributed by atoms with Crippen molar-refractivity contribution in [2.75, 3.05) is 20.1 Å². The van der Waals surface area contributed by atoms with Crippen molar-refractivity contribution >= 4 is 34.3 Å². The third-order valence-electron chi connectivity index (χ3n) is 7.01. The molecule has 1 fully saturated rings. The lowest BCUT2D eigenvalue weighted by Gasteiger charge is -2.27. The van der Waals surface area contributed by atoms with Crippen LogP contribution in [-0.2, 0) is 35.6 Å². The Labute approximate surface area is 207 Å². The van der Waals surface area contributed by atoms with Crippen molar-refractivity contribution in [3.63, 3.8) is 0 Å². The van der Waals surface area contributed by atoms with E-state index in [0.29, 0.717) is 0 Å². The van der Waals surface area contributed by atoms with Crippen LogP contribution in [-0.4, -0.2) is 58.5 Å². The summed E-state index contributed by atoms with van der Waals surface area (Å²) in [4.78, 5) is 29.9. The second kappa shape index (κ2) is 9.59. The molecule has 0 spiro atoms. The molecule has 1 aromatic heterocycles. The minimum Gasteiger partial charge on any atom is -0.350 e. The number of para-hydroxylation sites is 1. The smallest absolute Gasteiger partial charge is 0.243 e. The van der Waals surface area contributed by atoms with Gasteiger partial charge in [-0.1, -0.05) is 41.9 Å². The van der Waals surface area contributed by atoms with Gasteiger partial charge in [0, 0.05) is 48.2 Å². The number of likely N-dealkylation sites (N-methyl/N-ethyl adjacent to an activating group) is 1. The molecule has 0 saturated carbocycles. The lowest BCUT2D eigenvalue weighted by atomic mass is 10.0. The molecule has 2 aromatic carbocycles. The Balaban J connectivity index is 1.35. The third-order valence-corrected chi connectivity index (χ3v) is 7.30. The zero-order valence-corrected chi connectivity index (χ0v) is 20.2. The van der Waals surface area contributed by atoms with Gasteiger partial charge < -0.3 is 19.7 Å². The number of likely N-dealkylation sites (tertiary alicyclic amines) is 1. The van der Waals surface area contributed by atoms with E-state index in [1.165, 1.54) is 22.6 Å². The molecule has 6 nitrogen and oxygen atoms in total. The van der Waals surface area contributed by atoms with Crippen LogP contribution < -0.4 is 5.32 Å². The van der Waals surface area contributed by atoms with E-state index in [1.807, 2.05) is 29.8 Å². The fourth-order valence-electron chi connectivity index (χ4n) is 5.23. The first-order chi connectivity index (χ1) is 16.8. The summed E-state index contributed by atoms with van der Waals surface area (Å²) in [6, 6.07) is 11.6. The molecule has 2 aliphatic heterocycles. The Hall–Kier alpha value is -2.97.